The minimum atomic E-state index is -0.758. The van der Waals surface area contributed by atoms with E-state index in [0.29, 0.717) is 28.2 Å². The SMILES string of the molecule is C=CCOC(=O)Nc1cccc2nc(-c3c(NCC(O)c4ccccc4)cc[nH]c3=O)[nH]c12. The minimum absolute atomic E-state index is 0.0826. The van der Waals surface area contributed by atoms with Crippen LogP contribution in [0.3, 0.4) is 0 Å². The number of nitrogens with one attached hydrogen (secondary N) is 4. The fourth-order valence-electron chi connectivity index (χ4n) is 3.40. The van der Waals surface area contributed by atoms with E-state index in [4.69, 9.17) is 4.74 Å². The lowest BCUT2D eigenvalue weighted by Gasteiger charge is -2.14. The van der Waals surface area contributed by atoms with Gasteiger partial charge in [0.05, 0.1) is 28.5 Å². The maximum Gasteiger partial charge on any atom is 0.412 e. The molecule has 4 rings (SSSR count). The van der Waals surface area contributed by atoms with Gasteiger partial charge in [0.15, 0.2) is 0 Å². The second-order valence-corrected chi connectivity index (χ2v) is 7.20. The molecular weight excluding hydrogens is 422 g/mol. The van der Waals surface area contributed by atoms with E-state index >= 15 is 0 Å². The molecule has 2 aromatic carbocycles. The highest BCUT2D eigenvalue weighted by Crippen LogP contribution is 2.28. The Bertz CT molecular complexity index is 1330. The molecule has 5 N–H and O–H groups in total. The smallest absolute Gasteiger partial charge is 0.412 e. The summed E-state index contributed by atoms with van der Waals surface area (Å²) in [6, 6.07) is 16.1. The number of imidazole rings is 1. The molecule has 0 spiro atoms. The molecule has 0 radical (unpaired) electrons. The highest BCUT2D eigenvalue weighted by molar-refractivity contribution is 5.98. The number of hydrogen-bond donors (Lipinski definition) is 5. The molecule has 0 aliphatic heterocycles. The number of aliphatic hydroxyl groups is 1. The number of pyridine rings is 1. The molecular formula is C24H23N5O4. The molecule has 2 heterocycles. The molecule has 4 aromatic rings. The zero-order chi connectivity index (χ0) is 23.2. The van der Waals surface area contributed by atoms with E-state index in [2.05, 4.69) is 32.2 Å². The lowest BCUT2D eigenvalue weighted by Crippen LogP contribution is -2.17. The fourth-order valence-corrected chi connectivity index (χ4v) is 3.40. The van der Waals surface area contributed by atoms with Gasteiger partial charge in [-0.25, -0.2) is 9.78 Å². The molecule has 0 saturated heterocycles. The van der Waals surface area contributed by atoms with Crippen molar-refractivity contribution < 1.29 is 14.6 Å². The van der Waals surface area contributed by atoms with Gasteiger partial charge in [0.2, 0.25) is 0 Å². The summed E-state index contributed by atoms with van der Waals surface area (Å²) in [5.41, 5.74) is 2.77. The first-order chi connectivity index (χ1) is 16.1. The molecule has 0 bridgehead atoms. The highest BCUT2D eigenvalue weighted by atomic mass is 16.5. The van der Waals surface area contributed by atoms with Crippen LogP contribution in [-0.4, -0.2) is 39.3 Å². The Morgan fingerprint density at radius 3 is 2.76 bits per heavy atom. The van der Waals surface area contributed by atoms with Crippen molar-refractivity contribution in [1.82, 2.24) is 15.0 Å². The Kier molecular flexibility index (Phi) is 6.51. The number of fused-ring (bicyclic) bond motifs is 1. The van der Waals surface area contributed by atoms with Gasteiger partial charge in [-0.1, -0.05) is 49.1 Å². The molecule has 1 atom stereocenters. The van der Waals surface area contributed by atoms with Crippen LogP contribution in [0, 0.1) is 0 Å². The number of aromatic amines is 2. The van der Waals surface area contributed by atoms with E-state index in [9.17, 15) is 14.7 Å². The van der Waals surface area contributed by atoms with Crippen molar-refractivity contribution >= 4 is 28.5 Å². The van der Waals surface area contributed by atoms with Crippen LogP contribution in [0.5, 0.6) is 0 Å². The second kappa shape index (κ2) is 9.84. The highest BCUT2D eigenvalue weighted by Gasteiger charge is 2.17. The summed E-state index contributed by atoms with van der Waals surface area (Å²) in [4.78, 5) is 35.0. The number of carbonyl (C=O) groups excluding carboxylic acids is 1. The van der Waals surface area contributed by atoms with Crippen LogP contribution in [0.15, 0.2) is 78.2 Å². The van der Waals surface area contributed by atoms with Crippen LogP contribution < -0.4 is 16.2 Å². The van der Waals surface area contributed by atoms with Crippen molar-refractivity contribution in [2.75, 3.05) is 23.8 Å². The molecule has 168 valence electrons. The molecule has 0 aliphatic carbocycles. The van der Waals surface area contributed by atoms with Gasteiger partial charge in [0.25, 0.3) is 5.56 Å². The molecule has 2 aromatic heterocycles. The van der Waals surface area contributed by atoms with Crippen LogP contribution in [-0.2, 0) is 4.74 Å². The Morgan fingerprint density at radius 1 is 1.15 bits per heavy atom. The number of anilines is 2. The maximum atomic E-state index is 12.7. The average Bonchev–Trinajstić information content (AvgIpc) is 3.26. The van der Waals surface area contributed by atoms with Gasteiger partial charge in [0.1, 0.15) is 18.0 Å². The molecule has 0 saturated carbocycles. The van der Waals surface area contributed by atoms with Gasteiger partial charge in [0, 0.05) is 12.7 Å². The molecule has 1 unspecified atom stereocenters. The number of para-hydroxylation sites is 1. The Morgan fingerprint density at radius 2 is 1.97 bits per heavy atom. The van der Waals surface area contributed by atoms with E-state index in [0.717, 1.165) is 5.56 Å². The normalized spacial score (nSPS) is 11.7. The second-order valence-electron chi connectivity index (χ2n) is 7.20. The van der Waals surface area contributed by atoms with Gasteiger partial charge in [-0.05, 0) is 23.8 Å². The molecule has 0 fully saturated rings. The molecule has 9 heteroatoms. The zero-order valence-electron chi connectivity index (χ0n) is 17.7. The van der Waals surface area contributed by atoms with E-state index in [1.165, 1.54) is 12.3 Å². The van der Waals surface area contributed by atoms with Crippen molar-refractivity contribution in [2.45, 2.75) is 6.10 Å². The van der Waals surface area contributed by atoms with E-state index in [-0.39, 0.29) is 24.3 Å². The molecule has 1 amide bonds. The van der Waals surface area contributed by atoms with Crippen molar-refractivity contribution in [1.29, 1.82) is 0 Å². The largest absolute Gasteiger partial charge is 0.445 e. The Balaban J connectivity index is 1.63. The average molecular weight is 445 g/mol. The maximum absolute atomic E-state index is 12.7. The van der Waals surface area contributed by atoms with Gasteiger partial charge in [-0.2, -0.15) is 0 Å². The van der Waals surface area contributed by atoms with Crippen LogP contribution in [0.1, 0.15) is 11.7 Å². The van der Waals surface area contributed by atoms with Gasteiger partial charge in [-0.15, -0.1) is 0 Å². The van der Waals surface area contributed by atoms with Crippen molar-refractivity contribution in [3.05, 3.63) is 89.4 Å². The Labute approximate surface area is 189 Å². The number of ether oxygens (including phenoxy) is 1. The number of rotatable bonds is 8. The Hall–Kier alpha value is -4.37. The zero-order valence-corrected chi connectivity index (χ0v) is 17.7. The third-order valence-electron chi connectivity index (χ3n) is 4.95. The number of aromatic nitrogens is 3. The summed E-state index contributed by atoms with van der Waals surface area (Å²) in [6.07, 6.45) is 1.60. The predicted molar refractivity (Wildman–Crippen MR) is 127 cm³/mol. The monoisotopic (exact) mass is 445 g/mol. The first-order valence-electron chi connectivity index (χ1n) is 10.3. The topological polar surface area (TPSA) is 132 Å². The lowest BCUT2D eigenvalue weighted by atomic mass is 10.1. The first-order valence-corrected chi connectivity index (χ1v) is 10.3. The molecule has 0 aliphatic rings. The molecule has 33 heavy (non-hydrogen) atoms. The lowest BCUT2D eigenvalue weighted by molar-refractivity contribution is 0.174. The molecule has 9 nitrogen and oxygen atoms in total. The first kappa shape index (κ1) is 21.8. The van der Waals surface area contributed by atoms with E-state index in [1.807, 2.05) is 30.3 Å². The van der Waals surface area contributed by atoms with Crippen molar-refractivity contribution in [3.8, 4) is 11.4 Å². The summed E-state index contributed by atoms with van der Waals surface area (Å²) in [5, 5.41) is 16.3. The predicted octanol–water partition coefficient (Wildman–Crippen LogP) is 3.80. The third kappa shape index (κ3) is 4.94. The summed E-state index contributed by atoms with van der Waals surface area (Å²) in [6.45, 7) is 3.79. The minimum Gasteiger partial charge on any atom is -0.445 e. The van der Waals surface area contributed by atoms with Gasteiger partial charge < -0.3 is 25.1 Å². The number of benzene rings is 2. The quantitative estimate of drug-likeness (QED) is 0.262. The van der Waals surface area contributed by atoms with Crippen LogP contribution >= 0.6 is 0 Å². The van der Waals surface area contributed by atoms with Gasteiger partial charge >= 0.3 is 6.09 Å². The summed E-state index contributed by atoms with van der Waals surface area (Å²) >= 11 is 0. The number of aliphatic hydroxyl groups excluding tert-OH is 1. The number of amides is 1. The van der Waals surface area contributed by atoms with Crippen LogP contribution in [0.2, 0.25) is 0 Å². The van der Waals surface area contributed by atoms with Crippen molar-refractivity contribution in [2.24, 2.45) is 0 Å². The van der Waals surface area contributed by atoms with Gasteiger partial charge in [-0.3, -0.25) is 10.1 Å². The number of H-pyrrole nitrogens is 2. The standard InChI is InChI=1S/C24H23N5O4/c1-2-13-33-24(32)28-18-10-6-9-17-21(18)29-22(27-17)20-16(11-12-25-23(20)31)26-14-19(30)15-7-4-3-5-8-15/h2-12,19,30H,1,13-14H2,(H,27,29)(H,28,32)(H2,25,26,31). The van der Waals surface area contributed by atoms with Crippen LogP contribution in [0.25, 0.3) is 22.4 Å². The van der Waals surface area contributed by atoms with E-state index < -0.39 is 12.2 Å². The van der Waals surface area contributed by atoms with E-state index in [1.54, 1.807) is 24.3 Å². The summed E-state index contributed by atoms with van der Waals surface area (Å²) < 4.78 is 4.97. The third-order valence-corrected chi connectivity index (χ3v) is 4.95. The number of nitrogens with zero attached hydrogens (tertiary/aromatic N) is 1. The summed E-state index contributed by atoms with van der Waals surface area (Å²) in [7, 11) is 0. The van der Waals surface area contributed by atoms with Crippen LogP contribution in [0.4, 0.5) is 16.2 Å². The van der Waals surface area contributed by atoms with Crippen molar-refractivity contribution in [3.63, 3.8) is 0 Å². The number of hydrogen-bond acceptors (Lipinski definition) is 6. The fraction of sp³-hybridized carbons (Fsp3) is 0.125. The summed E-state index contributed by atoms with van der Waals surface area (Å²) in [5.74, 6) is 0.317. The number of carbonyl (C=O) groups is 1.